The van der Waals surface area contributed by atoms with Crippen LogP contribution >= 0.6 is 0 Å². The van der Waals surface area contributed by atoms with E-state index < -0.39 is 0 Å². The SMILES string of the molecule is C[Si]O[Si]O. The number of hydrogen-bond acceptors (Lipinski definition) is 2. The van der Waals surface area contributed by atoms with Crippen LogP contribution in [0, 0.1) is 0 Å². The van der Waals surface area contributed by atoms with Gasteiger partial charge in [0.25, 0.3) is 0 Å². The zero-order chi connectivity index (χ0) is 4.12. The highest BCUT2D eigenvalue weighted by Gasteiger charge is 1.75. The summed E-state index contributed by atoms with van der Waals surface area (Å²) < 4.78 is 4.44. The third kappa shape index (κ3) is 4.35. The molecule has 0 spiro atoms. The molecule has 0 atom stereocenters. The van der Waals surface area contributed by atoms with Gasteiger partial charge < -0.3 is 8.91 Å². The van der Waals surface area contributed by atoms with Crippen LogP contribution in [0.25, 0.3) is 0 Å². The lowest BCUT2D eigenvalue weighted by Crippen LogP contribution is -1.97. The summed E-state index contributed by atoms with van der Waals surface area (Å²) in [4.78, 5) is 7.88. The molecular formula is CH4O2Si2. The molecule has 0 unspecified atom stereocenters. The minimum absolute atomic E-state index is 0.330. The average molecular weight is 104 g/mol. The van der Waals surface area contributed by atoms with Crippen molar-refractivity contribution in [2.45, 2.75) is 6.55 Å². The van der Waals surface area contributed by atoms with E-state index in [9.17, 15) is 0 Å². The first kappa shape index (κ1) is 5.35. The second-order valence-electron chi connectivity index (χ2n) is 0.397. The molecule has 0 aromatic carbocycles. The monoisotopic (exact) mass is 104 g/mol. The highest BCUT2D eigenvalue weighted by atomic mass is 28.3. The molecule has 0 aliphatic rings. The van der Waals surface area contributed by atoms with Gasteiger partial charge in [0.05, 0.1) is 0 Å². The molecule has 0 aliphatic heterocycles. The van der Waals surface area contributed by atoms with Gasteiger partial charge in [0.2, 0.25) is 9.76 Å². The van der Waals surface area contributed by atoms with E-state index in [1.807, 2.05) is 6.55 Å². The van der Waals surface area contributed by atoms with Gasteiger partial charge in [-0.3, -0.25) is 0 Å². The van der Waals surface area contributed by atoms with Crippen LogP contribution in [0.2, 0.25) is 6.55 Å². The van der Waals surface area contributed by atoms with Crippen LogP contribution in [-0.2, 0) is 4.12 Å². The van der Waals surface area contributed by atoms with Gasteiger partial charge in [-0.25, -0.2) is 0 Å². The van der Waals surface area contributed by atoms with Crippen LogP contribution in [0.3, 0.4) is 0 Å². The first-order chi connectivity index (χ1) is 2.41. The van der Waals surface area contributed by atoms with Gasteiger partial charge in [-0.1, -0.05) is 0 Å². The molecule has 0 fully saturated rings. The maximum absolute atomic E-state index is 7.88. The highest BCUT2D eigenvalue weighted by molar-refractivity contribution is 6.37. The highest BCUT2D eigenvalue weighted by Crippen LogP contribution is 1.53. The van der Waals surface area contributed by atoms with Gasteiger partial charge in [0, 0.05) is 0 Å². The minimum atomic E-state index is -0.330. The molecule has 4 radical (unpaired) electrons. The zero-order valence-electron chi connectivity index (χ0n) is 2.86. The van der Waals surface area contributed by atoms with E-state index in [0.29, 0.717) is 9.76 Å². The molecule has 0 rings (SSSR count). The molecule has 1 N–H and O–H groups in total. The summed E-state index contributed by atoms with van der Waals surface area (Å²) in [5.74, 6) is 0. The molecule has 28 valence electrons. The van der Waals surface area contributed by atoms with E-state index in [1.165, 1.54) is 0 Å². The standard InChI is InChI=1S/CH4O2Si2/c1-4-3-5-2/h2H,1H3. The lowest BCUT2D eigenvalue weighted by Gasteiger charge is -1.80. The lowest BCUT2D eigenvalue weighted by molar-refractivity contribution is 0.471. The van der Waals surface area contributed by atoms with Crippen molar-refractivity contribution in [1.82, 2.24) is 0 Å². The fourth-order valence-corrected chi connectivity index (χ4v) is 0.411. The van der Waals surface area contributed by atoms with E-state index in [-0.39, 0.29) is 10.0 Å². The third-order valence-electron chi connectivity index (χ3n) is 0.148. The first-order valence-corrected chi connectivity index (χ1v) is 3.40. The predicted octanol–water partition coefficient (Wildman–Crippen LogP) is -0.803. The van der Waals surface area contributed by atoms with Crippen molar-refractivity contribution in [2.75, 3.05) is 0 Å². The van der Waals surface area contributed by atoms with E-state index >= 15 is 0 Å². The summed E-state index contributed by atoms with van der Waals surface area (Å²) >= 11 is 0. The van der Waals surface area contributed by atoms with Crippen molar-refractivity contribution >= 4 is 19.8 Å². The Labute approximate surface area is 36.2 Å². The van der Waals surface area contributed by atoms with E-state index in [1.54, 1.807) is 0 Å². The summed E-state index contributed by atoms with van der Waals surface area (Å²) in [6.07, 6.45) is 0. The molecule has 0 heterocycles. The van der Waals surface area contributed by atoms with Gasteiger partial charge in [-0.05, 0) is 6.55 Å². The van der Waals surface area contributed by atoms with Gasteiger partial charge in [-0.15, -0.1) is 0 Å². The molecule has 0 aromatic rings. The Morgan fingerprint density at radius 2 is 2.40 bits per heavy atom. The van der Waals surface area contributed by atoms with Crippen LogP contribution in [0.4, 0.5) is 0 Å². The van der Waals surface area contributed by atoms with Crippen LogP contribution in [0.5, 0.6) is 0 Å². The fraction of sp³-hybridized carbons (Fsp3) is 1.00. The smallest absolute Gasteiger partial charge is 0.418 e. The molecule has 4 heteroatoms. The van der Waals surface area contributed by atoms with Crippen LogP contribution < -0.4 is 0 Å². The summed E-state index contributed by atoms with van der Waals surface area (Å²) in [6.45, 7) is 1.86. The summed E-state index contributed by atoms with van der Waals surface area (Å²) in [6, 6.07) is 0. The van der Waals surface area contributed by atoms with Crippen LogP contribution in [0.1, 0.15) is 0 Å². The number of hydrogen-bond donors (Lipinski definition) is 1. The summed E-state index contributed by atoms with van der Waals surface area (Å²) in [5, 5.41) is 0. The second kappa shape index (κ2) is 4.35. The molecule has 0 saturated heterocycles. The van der Waals surface area contributed by atoms with Gasteiger partial charge in [0.15, 0.2) is 0 Å². The molecule has 0 amide bonds. The Balaban J connectivity index is 2.19. The van der Waals surface area contributed by atoms with E-state index in [2.05, 4.69) is 4.12 Å². The predicted molar refractivity (Wildman–Crippen MR) is 20.7 cm³/mol. The van der Waals surface area contributed by atoms with Crippen molar-refractivity contribution in [2.24, 2.45) is 0 Å². The third-order valence-corrected chi connectivity index (χ3v) is 1.33. The minimum Gasteiger partial charge on any atom is -0.434 e. The Morgan fingerprint density at radius 3 is 2.40 bits per heavy atom. The summed E-state index contributed by atoms with van der Waals surface area (Å²) in [5.41, 5.74) is 0. The van der Waals surface area contributed by atoms with Crippen molar-refractivity contribution in [1.29, 1.82) is 0 Å². The maximum atomic E-state index is 7.88. The Bertz CT molecular complexity index is 15.1. The molecule has 0 aromatic heterocycles. The van der Waals surface area contributed by atoms with Crippen LogP contribution in [0.15, 0.2) is 0 Å². The number of rotatable bonds is 2. The molecule has 0 aliphatic carbocycles. The Morgan fingerprint density at radius 1 is 1.80 bits per heavy atom. The topological polar surface area (TPSA) is 29.5 Å². The quantitative estimate of drug-likeness (QED) is 0.465. The van der Waals surface area contributed by atoms with E-state index in [4.69, 9.17) is 4.80 Å². The molecule has 2 nitrogen and oxygen atoms in total. The van der Waals surface area contributed by atoms with E-state index in [0.717, 1.165) is 0 Å². The lowest BCUT2D eigenvalue weighted by atomic mass is 11.9. The molecular weight excluding hydrogens is 100 g/mol. The maximum Gasteiger partial charge on any atom is 0.418 e. The van der Waals surface area contributed by atoms with Crippen molar-refractivity contribution in [3.63, 3.8) is 0 Å². The van der Waals surface area contributed by atoms with Crippen molar-refractivity contribution < 1.29 is 8.91 Å². The van der Waals surface area contributed by atoms with Gasteiger partial charge >= 0.3 is 10.0 Å². The normalized spacial score (nSPS) is 8.40. The first-order valence-electron chi connectivity index (χ1n) is 1.13. The van der Waals surface area contributed by atoms with Crippen molar-refractivity contribution in [3.05, 3.63) is 0 Å². The Kier molecular flexibility index (Phi) is 4.66. The van der Waals surface area contributed by atoms with Crippen LogP contribution in [-0.4, -0.2) is 24.6 Å². The van der Waals surface area contributed by atoms with Gasteiger partial charge in [-0.2, -0.15) is 0 Å². The fourth-order valence-electron chi connectivity index (χ4n) is 0.0456. The second-order valence-corrected chi connectivity index (χ2v) is 1.80. The van der Waals surface area contributed by atoms with Crippen molar-refractivity contribution in [3.8, 4) is 0 Å². The molecule has 0 bridgehead atoms. The molecule has 5 heavy (non-hydrogen) atoms. The molecule has 0 saturated carbocycles. The average Bonchev–Trinajstić information content (AvgIpc) is 1.41. The largest absolute Gasteiger partial charge is 0.434 e. The summed E-state index contributed by atoms with van der Waals surface area (Å²) in [7, 11) is 0.0903. The van der Waals surface area contributed by atoms with Gasteiger partial charge in [0.1, 0.15) is 0 Å². The Hall–Kier alpha value is 0.354. The zero-order valence-corrected chi connectivity index (χ0v) is 4.86.